The summed E-state index contributed by atoms with van der Waals surface area (Å²) in [6.07, 6.45) is 3.31. The summed E-state index contributed by atoms with van der Waals surface area (Å²) in [5.41, 5.74) is 5.63. The molecule has 1 aromatic rings. The highest BCUT2D eigenvalue weighted by molar-refractivity contribution is 5.90. The van der Waals surface area contributed by atoms with Crippen LogP contribution < -0.4 is 5.73 Å². The van der Waals surface area contributed by atoms with Crippen LogP contribution in [-0.4, -0.2) is 12.6 Å². The van der Waals surface area contributed by atoms with E-state index in [2.05, 4.69) is 0 Å². The molecule has 0 radical (unpaired) electrons. The van der Waals surface area contributed by atoms with Crippen LogP contribution in [0.15, 0.2) is 18.2 Å². The molecule has 1 aliphatic carbocycles. The molecule has 0 heterocycles. The first kappa shape index (κ1) is 10.9. The van der Waals surface area contributed by atoms with Crippen molar-refractivity contribution in [3.63, 3.8) is 0 Å². The number of hydrogen-bond donors (Lipinski definition) is 1. The van der Waals surface area contributed by atoms with E-state index in [-0.39, 0.29) is 5.56 Å². The van der Waals surface area contributed by atoms with Crippen molar-refractivity contribution in [2.24, 2.45) is 5.92 Å². The van der Waals surface area contributed by atoms with E-state index < -0.39 is 11.8 Å². The molecule has 2 N–H and O–H groups in total. The number of carbonyl (C=O) groups excluding carboxylic acids is 1. The summed E-state index contributed by atoms with van der Waals surface area (Å²) < 4.78 is 18.3. The second kappa shape index (κ2) is 4.51. The first-order valence-corrected chi connectivity index (χ1v) is 5.39. The molecule has 1 fully saturated rings. The van der Waals surface area contributed by atoms with E-state index >= 15 is 0 Å². The third kappa shape index (κ3) is 2.72. The number of anilines is 1. The van der Waals surface area contributed by atoms with Gasteiger partial charge in [0, 0.05) is 5.69 Å². The van der Waals surface area contributed by atoms with Crippen molar-refractivity contribution in [2.45, 2.75) is 19.3 Å². The molecule has 0 amide bonds. The Morgan fingerprint density at radius 2 is 2.25 bits per heavy atom. The second-order valence-corrected chi connectivity index (χ2v) is 4.11. The minimum atomic E-state index is -0.628. The topological polar surface area (TPSA) is 52.3 Å². The molecule has 0 aliphatic heterocycles. The molecule has 86 valence electrons. The van der Waals surface area contributed by atoms with Crippen molar-refractivity contribution in [3.05, 3.63) is 29.6 Å². The van der Waals surface area contributed by atoms with Crippen molar-refractivity contribution in [3.8, 4) is 0 Å². The van der Waals surface area contributed by atoms with E-state index in [0.717, 1.165) is 12.5 Å². The monoisotopic (exact) mass is 223 g/mol. The molecule has 3 nitrogen and oxygen atoms in total. The average molecular weight is 223 g/mol. The Hall–Kier alpha value is -1.58. The zero-order valence-electron chi connectivity index (χ0n) is 8.91. The molecular formula is C12H14FNO2. The Kier molecular flexibility index (Phi) is 3.08. The lowest BCUT2D eigenvalue weighted by molar-refractivity contribution is 0.0489. The fraction of sp³-hybridized carbons (Fsp3) is 0.417. The lowest BCUT2D eigenvalue weighted by Crippen LogP contribution is -2.09. The van der Waals surface area contributed by atoms with Crippen molar-refractivity contribution < 1.29 is 13.9 Å². The highest BCUT2D eigenvalue weighted by atomic mass is 19.1. The largest absolute Gasteiger partial charge is 0.462 e. The summed E-state index contributed by atoms with van der Waals surface area (Å²) in [5.74, 6) is -0.543. The Morgan fingerprint density at radius 1 is 1.50 bits per heavy atom. The SMILES string of the molecule is Nc1ccc(C(=O)OCCC2CC2)c(F)c1. The maximum atomic E-state index is 13.3. The van der Waals surface area contributed by atoms with Crippen LogP contribution in [0.1, 0.15) is 29.6 Å². The normalized spacial score (nSPS) is 14.8. The van der Waals surface area contributed by atoms with Crippen LogP contribution in [0.4, 0.5) is 10.1 Å². The summed E-state index contributed by atoms with van der Waals surface area (Å²) in [6, 6.07) is 3.96. The van der Waals surface area contributed by atoms with E-state index in [1.54, 1.807) is 0 Å². The Labute approximate surface area is 93.4 Å². The lowest BCUT2D eigenvalue weighted by atomic mass is 10.2. The molecule has 4 heteroatoms. The van der Waals surface area contributed by atoms with Gasteiger partial charge in [-0.2, -0.15) is 0 Å². The van der Waals surface area contributed by atoms with E-state index in [4.69, 9.17) is 10.5 Å². The van der Waals surface area contributed by atoms with Crippen molar-refractivity contribution in [2.75, 3.05) is 12.3 Å². The molecule has 0 aromatic heterocycles. The summed E-state index contributed by atoms with van der Waals surface area (Å²) in [6.45, 7) is 0.368. The number of carbonyl (C=O) groups is 1. The standard InChI is InChI=1S/C12H14FNO2/c13-11-7-9(14)3-4-10(11)12(15)16-6-5-8-1-2-8/h3-4,7-8H,1-2,5-6,14H2. The molecule has 1 saturated carbocycles. The molecule has 2 rings (SSSR count). The number of nitrogens with two attached hydrogens (primary N) is 1. The van der Waals surface area contributed by atoms with Gasteiger partial charge in [0.2, 0.25) is 0 Å². The van der Waals surface area contributed by atoms with E-state index in [0.29, 0.717) is 18.2 Å². The number of nitrogen functional groups attached to an aromatic ring is 1. The Bertz CT molecular complexity index is 402. The summed E-state index contributed by atoms with van der Waals surface area (Å²) in [7, 11) is 0. The van der Waals surface area contributed by atoms with E-state index in [1.165, 1.54) is 25.0 Å². The van der Waals surface area contributed by atoms with Gasteiger partial charge in [0.25, 0.3) is 0 Å². The fourth-order valence-corrected chi connectivity index (χ4v) is 1.50. The molecule has 0 spiro atoms. The molecule has 1 aliphatic rings. The summed E-state index contributed by atoms with van der Waals surface area (Å²) in [4.78, 5) is 11.5. The van der Waals surface area contributed by atoms with Gasteiger partial charge in [-0.1, -0.05) is 12.8 Å². The van der Waals surface area contributed by atoms with Crippen molar-refractivity contribution in [1.29, 1.82) is 0 Å². The Morgan fingerprint density at radius 3 is 2.88 bits per heavy atom. The number of hydrogen-bond acceptors (Lipinski definition) is 3. The van der Waals surface area contributed by atoms with Gasteiger partial charge in [0.05, 0.1) is 12.2 Å². The highest BCUT2D eigenvalue weighted by Crippen LogP contribution is 2.32. The summed E-state index contributed by atoms with van der Waals surface area (Å²) >= 11 is 0. The van der Waals surface area contributed by atoms with Crippen LogP contribution in [0.5, 0.6) is 0 Å². The minimum Gasteiger partial charge on any atom is -0.462 e. The maximum Gasteiger partial charge on any atom is 0.341 e. The van der Waals surface area contributed by atoms with E-state index in [9.17, 15) is 9.18 Å². The molecule has 0 bridgehead atoms. The van der Waals surface area contributed by atoms with Crippen LogP contribution in [0, 0.1) is 11.7 Å². The fourth-order valence-electron chi connectivity index (χ4n) is 1.50. The van der Waals surface area contributed by atoms with Gasteiger partial charge < -0.3 is 10.5 Å². The van der Waals surface area contributed by atoms with Gasteiger partial charge in [-0.05, 0) is 30.5 Å². The van der Waals surface area contributed by atoms with Gasteiger partial charge >= 0.3 is 5.97 Å². The van der Waals surface area contributed by atoms with Crippen molar-refractivity contribution in [1.82, 2.24) is 0 Å². The van der Waals surface area contributed by atoms with Gasteiger partial charge in [0.1, 0.15) is 5.82 Å². The molecular weight excluding hydrogens is 209 g/mol. The first-order valence-electron chi connectivity index (χ1n) is 5.39. The average Bonchev–Trinajstić information content (AvgIpc) is 3.01. The lowest BCUT2D eigenvalue weighted by Gasteiger charge is -2.05. The number of halogens is 1. The molecule has 0 unspecified atom stereocenters. The van der Waals surface area contributed by atoms with Gasteiger partial charge in [0.15, 0.2) is 0 Å². The molecule has 0 saturated heterocycles. The Balaban J connectivity index is 1.91. The maximum absolute atomic E-state index is 13.3. The van der Waals surface area contributed by atoms with Gasteiger partial charge in [-0.25, -0.2) is 9.18 Å². The van der Waals surface area contributed by atoms with E-state index in [1.807, 2.05) is 0 Å². The van der Waals surface area contributed by atoms with Gasteiger partial charge in [-0.3, -0.25) is 0 Å². The number of benzene rings is 1. The quantitative estimate of drug-likeness (QED) is 0.629. The summed E-state index contributed by atoms with van der Waals surface area (Å²) in [5, 5.41) is 0. The molecule has 16 heavy (non-hydrogen) atoms. The highest BCUT2D eigenvalue weighted by Gasteiger charge is 2.21. The van der Waals surface area contributed by atoms with Crippen LogP contribution in [0.3, 0.4) is 0 Å². The van der Waals surface area contributed by atoms with Crippen LogP contribution >= 0.6 is 0 Å². The van der Waals surface area contributed by atoms with Gasteiger partial charge in [-0.15, -0.1) is 0 Å². The third-order valence-corrected chi connectivity index (χ3v) is 2.67. The minimum absolute atomic E-state index is 0.0509. The second-order valence-electron chi connectivity index (χ2n) is 4.11. The number of rotatable bonds is 4. The number of ether oxygens (including phenoxy) is 1. The zero-order valence-corrected chi connectivity index (χ0v) is 8.91. The predicted molar refractivity (Wildman–Crippen MR) is 58.4 cm³/mol. The smallest absolute Gasteiger partial charge is 0.341 e. The van der Waals surface area contributed by atoms with Crippen LogP contribution in [0.2, 0.25) is 0 Å². The predicted octanol–water partition coefficient (Wildman–Crippen LogP) is 2.36. The zero-order chi connectivity index (χ0) is 11.5. The van der Waals surface area contributed by atoms with Crippen LogP contribution in [-0.2, 0) is 4.74 Å². The molecule has 0 atom stereocenters. The molecule has 1 aromatic carbocycles. The first-order chi connectivity index (χ1) is 7.66. The third-order valence-electron chi connectivity index (χ3n) is 2.67. The van der Waals surface area contributed by atoms with Crippen molar-refractivity contribution >= 4 is 11.7 Å². The number of esters is 1. The van der Waals surface area contributed by atoms with Crippen LogP contribution in [0.25, 0.3) is 0 Å².